The van der Waals surface area contributed by atoms with E-state index >= 15 is 0 Å². The molecule has 0 aliphatic heterocycles. The number of non-ortho nitro benzene ring substituents is 1. The second kappa shape index (κ2) is 12.8. The number of hydrogen-bond donors (Lipinski definition) is 1. The molecule has 0 saturated carbocycles. The van der Waals surface area contributed by atoms with Gasteiger partial charge in [0.1, 0.15) is 24.0 Å². The smallest absolute Gasteiger partial charge is 0.271 e. The fourth-order valence-corrected chi connectivity index (χ4v) is 5.17. The van der Waals surface area contributed by atoms with Crippen LogP contribution in [-0.2, 0) is 26.2 Å². The minimum absolute atomic E-state index is 0.00274. The number of sulfonamides is 1. The highest BCUT2D eigenvalue weighted by Gasteiger charge is 2.34. The van der Waals surface area contributed by atoms with Gasteiger partial charge >= 0.3 is 0 Å². The van der Waals surface area contributed by atoms with E-state index in [4.69, 9.17) is 27.9 Å². The predicted octanol–water partition coefficient (Wildman–Crippen LogP) is 4.40. The zero-order chi connectivity index (χ0) is 29.7. The Balaban J connectivity index is 2.64. The van der Waals surface area contributed by atoms with Crippen LogP contribution in [0.4, 0.5) is 11.4 Å². The van der Waals surface area contributed by atoms with Crippen LogP contribution in [0.25, 0.3) is 0 Å². The molecule has 0 fully saturated rings. The van der Waals surface area contributed by atoms with Crippen LogP contribution in [0.15, 0.2) is 36.4 Å². The highest BCUT2D eigenvalue weighted by atomic mass is 35.5. The summed E-state index contributed by atoms with van der Waals surface area (Å²) < 4.78 is 31.7. The maximum atomic E-state index is 13.9. The largest absolute Gasteiger partial charge is 0.495 e. The summed E-state index contributed by atoms with van der Waals surface area (Å²) in [5.74, 6) is -1.22. The Morgan fingerprint density at radius 2 is 1.74 bits per heavy atom. The second-order valence-electron chi connectivity index (χ2n) is 9.77. The summed E-state index contributed by atoms with van der Waals surface area (Å²) in [5.41, 5.74) is -0.848. The maximum Gasteiger partial charge on any atom is 0.271 e. The molecule has 0 spiro atoms. The van der Waals surface area contributed by atoms with Crippen molar-refractivity contribution in [1.29, 1.82) is 0 Å². The third kappa shape index (κ3) is 8.45. The molecular formula is C25H32Cl2N4O7S. The topological polar surface area (TPSA) is 139 Å². The lowest BCUT2D eigenvalue weighted by Crippen LogP contribution is -2.55. The van der Waals surface area contributed by atoms with E-state index in [0.717, 1.165) is 18.4 Å². The number of halogens is 2. The van der Waals surface area contributed by atoms with Gasteiger partial charge in [0.2, 0.25) is 21.8 Å². The molecule has 2 aromatic carbocycles. The lowest BCUT2D eigenvalue weighted by atomic mass is 10.1. The van der Waals surface area contributed by atoms with Crippen LogP contribution in [-0.4, -0.2) is 61.5 Å². The molecule has 214 valence electrons. The van der Waals surface area contributed by atoms with Gasteiger partial charge in [-0.05, 0) is 45.4 Å². The van der Waals surface area contributed by atoms with E-state index in [-0.39, 0.29) is 34.4 Å². The molecule has 0 bridgehead atoms. The molecule has 2 aromatic rings. The van der Waals surface area contributed by atoms with Gasteiger partial charge in [0.25, 0.3) is 5.69 Å². The van der Waals surface area contributed by atoms with Crippen LogP contribution in [0.1, 0.15) is 39.7 Å². The number of ether oxygens (including phenoxy) is 1. The fourth-order valence-electron chi connectivity index (χ4n) is 3.81. The fraction of sp³-hybridized carbons (Fsp3) is 0.440. The van der Waals surface area contributed by atoms with Crippen LogP contribution in [0.3, 0.4) is 0 Å². The number of nitrogens with zero attached hydrogens (tertiary/aromatic N) is 3. The molecule has 1 atom stereocenters. The first-order chi connectivity index (χ1) is 18.0. The van der Waals surface area contributed by atoms with Gasteiger partial charge in [-0.1, -0.05) is 36.2 Å². The van der Waals surface area contributed by atoms with Crippen molar-refractivity contribution in [1.82, 2.24) is 10.2 Å². The lowest BCUT2D eigenvalue weighted by molar-refractivity contribution is -0.384. The highest BCUT2D eigenvalue weighted by molar-refractivity contribution is 7.92. The van der Waals surface area contributed by atoms with E-state index in [1.807, 2.05) is 0 Å². The highest BCUT2D eigenvalue weighted by Crippen LogP contribution is 2.34. The number of amides is 2. The maximum absolute atomic E-state index is 13.9. The first-order valence-corrected chi connectivity index (χ1v) is 14.4. The van der Waals surface area contributed by atoms with Crippen LogP contribution in [0, 0.1) is 10.1 Å². The van der Waals surface area contributed by atoms with Gasteiger partial charge in [-0.2, -0.15) is 0 Å². The Morgan fingerprint density at radius 1 is 1.15 bits per heavy atom. The zero-order valence-corrected chi connectivity index (χ0v) is 24.9. The molecule has 39 heavy (non-hydrogen) atoms. The van der Waals surface area contributed by atoms with Crippen molar-refractivity contribution in [3.8, 4) is 5.75 Å². The number of carbonyl (C=O) groups is 2. The van der Waals surface area contributed by atoms with Crippen molar-refractivity contribution in [3.63, 3.8) is 0 Å². The van der Waals surface area contributed by atoms with E-state index in [9.17, 15) is 28.1 Å². The molecule has 2 amide bonds. The number of anilines is 1. The summed E-state index contributed by atoms with van der Waals surface area (Å²) in [6, 6.07) is 7.17. The van der Waals surface area contributed by atoms with Gasteiger partial charge in [0.15, 0.2) is 0 Å². The van der Waals surface area contributed by atoms with E-state index in [1.54, 1.807) is 45.9 Å². The van der Waals surface area contributed by atoms with Crippen LogP contribution in [0.2, 0.25) is 10.0 Å². The average Bonchev–Trinajstić information content (AvgIpc) is 2.81. The Labute approximate surface area is 238 Å². The first-order valence-electron chi connectivity index (χ1n) is 11.8. The minimum Gasteiger partial charge on any atom is -0.495 e. The number of methoxy groups -OCH3 is 1. The van der Waals surface area contributed by atoms with E-state index in [0.29, 0.717) is 9.87 Å². The molecule has 0 aromatic heterocycles. The van der Waals surface area contributed by atoms with Crippen molar-refractivity contribution in [2.75, 3.05) is 24.2 Å². The molecule has 1 N–H and O–H groups in total. The number of nitrogens with one attached hydrogen (secondary N) is 1. The van der Waals surface area contributed by atoms with Gasteiger partial charge < -0.3 is 15.0 Å². The number of carbonyl (C=O) groups excluding carboxylic acids is 2. The number of hydrogen-bond acceptors (Lipinski definition) is 7. The summed E-state index contributed by atoms with van der Waals surface area (Å²) in [5, 5.41) is 14.8. The molecule has 0 aliphatic carbocycles. The van der Waals surface area contributed by atoms with Gasteiger partial charge in [0.05, 0.1) is 18.3 Å². The summed E-state index contributed by atoms with van der Waals surface area (Å²) in [6.07, 6.45) is 1.05. The van der Waals surface area contributed by atoms with Gasteiger partial charge in [-0.15, -0.1) is 0 Å². The SMILES string of the molecule is CC[C@@H](C(=O)NC(C)(C)C)N(Cc1c(Cl)cccc1Cl)C(=O)CN(c1cc([N+](=O)[O-])ccc1OC)S(C)(=O)=O. The number of rotatable bonds is 11. The molecule has 0 unspecified atom stereocenters. The number of nitro benzene ring substituents is 1. The summed E-state index contributed by atoms with van der Waals surface area (Å²) in [6.45, 7) is 6.09. The normalized spacial score (nSPS) is 12.4. The van der Waals surface area contributed by atoms with Crippen molar-refractivity contribution in [2.24, 2.45) is 0 Å². The van der Waals surface area contributed by atoms with Crippen LogP contribution >= 0.6 is 23.2 Å². The van der Waals surface area contributed by atoms with Gasteiger partial charge in [0, 0.05) is 39.8 Å². The third-order valence-electron chi connectivity index (χ3n) is 5.60. The molecule has 0 radical (unpaired) electrons. The summed E-state index contributed by atoms with van der Waals surface area (Å²) in [4.78, 5) is 39.0. The average molecular weight is 604 g/mol. The second-order valence-corrected chi connectivity index (χ2v) is 12.5. The van der Waals surface area contributed by atoms with Gasteiger partial charge in [-0.3, -0.25) is 24.0 Å². The summed E-state index contributed by atoms with van der Waals surface area (Å²) >= 11 is 12.7. The zero-order valence-electron chi connectivity index (χ0n) is 22.5. The molecule has 11 nitrogen and oxygen atoms in total. The molecule has 0 saturated heterocycles. The number of benzene rings is 2. The molecule has 0 aliphatic rings. The molecular weight excluding hydrogens is 571 g/mol. The molecule has 14 heteroatoms. The van der Waals surface area contributed by atoms with E-state index in [1.165, 1.54) is 18.1 Å². The Bertz CT molecular complexity index is 1330. The molecule has 0 heterocycles. The predicted molar refractivity (Wildman–Crippen MR) is 151 cm³/mol. The van der Waals surface area contributed by atoms with Crippen molar-refractivity contribution < 1.29 is 27.7 Å². The third-order valence-corrected chi connectivity index (χ3v) is 7.43. The Kier molecular flexibility index (Phi) is 10.6. The Hall–Kier alpha value is -3.09. The monoisotopic (exact) mass is 602 g/mol. The van der Waals surface area contributed by atoms with E-state index in [2.05, 4.69) is 5.32 Å². The molecule has 2 rings (SSSR count). The minimum atomic E-state index is -4.16. The first kappa shape index (κ1) is 32.1. The van der Waals surface area contributed by atoms with Gasteiger partial charge in [-0.25, -0.2) is 8.42 Å². The lowest BCUT2D eigenvalue weighted by Gasteiger charge is -2.35. The van der Waals surface area contributed by atoms with E-state index < -0.39 is 50.6 Å². The Morgan fingerprint density at radius 3 is 2.21 bits per heavy atom. The van der Waals surface area contributed by atoms with Crippen molar-refractivity contribution in [2.45, 2.75) is 52.2 Å². The van der Waals surface area contributed by atoms with Crippen LogP contribution in [0.5, 0.6) is 5.75 Å². The number of nitro groups is 1. The summed E-state index contributed by atoms with van der Waals surface area (Å²) in [7, 11) is -2.90. The van der Waals surface area contributed by atoms with Crippen molar-refractivity contribution >= 4 is 56.4 Å². The van der Waals surface area contributed by atoms with Crippen molar-refractivity contribution in [3.05, 3.63) is 62.1 Å². The standard InChI is InChI=1S/C25H32Cl2N4O7S/c1-7-20(24(33)28-25(2,3)4)29(14-17-18(26)9-8-10-19(17)27)23(32)15-30(39(6,36)37)21-13-16(31(34)35)11-12-22(21)38-5/h8-13,20H,7,14-15H2,1-6H3,(H,28,33)/t20-/m0/s1. The van der Waals surface area contributed by atoms with Crippen LogP contribution < -0.4 is 14.4 Å². The quantitative estimate of drug-likeness (QED) is 0.297.